The molecule has 0 spiro atoms. The molecule has 0 unspecified atom stereocenters. The van der Waals surface area contributed by atoms with Gasteiger partial charge in [-0.25, -0.2) is 0 Å². The first kappa shape index (κ1) is 24.4. The molecule has 0 radical (unpaired) electrons. The molecule has 2 aliphatic heterocycles. The van der Waals surface area contributed by atoms with Crippen molar-refractivity contribution >= 4 is 17.4 Å². The van der Waals surface area contributed by atoms with E-state index in [0.717, 1.165) is 0 Å². The second-order valence-corrected chi connectivity index (χ2v) is 8.04. The van der Waals surface area contributed by atoms with Crippen molar-refractivity contribution in [3.8, 4) is 23.0 Å². The van der Waals surface area contributed by atoms with Gasteiger partial charge in [0, 0.05) is 25.8 Å². The number of hydrogen-bond donors (Lipinski definition) is 1. The molecule has 2 aromatic carbocycles. The van der Waals surface area contributed by atoms with Gasteiger partial charge in [-0.2, -0.15) is 0 Å². The van der Waals surface area contributed by atoms with Crippen molar-refractivity contribution in [3.63, 3.8) is 0 Å². The quantitative estimate of drug-likeness (QED) is 0.251. The average Bonchev–Trinajstić information content (AvgIpc) is 3.13. The average molecular weight is 484 g/mol. The summed E-state index contributed by atoms with van der Waals surface area (Å²) in [6.45, 7) is 3.83. The van der Waals surface area contributed by atoms with Gasteiger partial charge in [0.2, 0.25) is 0 Å². The summed E-state index contributed by atoms with van der Waals surface area (Å²) in [4.78, 5) is 27.7. The minimum atomic E-state index is -0.815. The Kier molecular flexibility index (Phi) is 7.45. The van der Waals surface area contributed by atoms with E-state index < -0.39 is 17.7 Å². The molecule has 9 nitrogen and oxygen atoms in total. The van der Waals surface area contributed by atoms with Crippen LogP contribution in [0.3, 0.4) is 0 Å². The van der Waals surface area contributed by atoms with E-state index in [1.165, 1.54) is 12.0 Å². The molecule has 35 heavy (non-hydrogen) atoms. The summed E-state index contributed by atoms with van der Waals surface area (Å²) in [6, 6.07) is 9.33. The summed E-state index contributed by atoms with van der Waals surface area (Å²) in [7, 11) is 3.09. The van der Waals surface area contributed by atoms with Crippen molar-refractivity contribution in [2.24, 2.45) is 0 Å². The molecule has 1 saturated heterocycles. The summed E-state index contributed by atoms with van der Waals surface area (Å²) in [5.74, 6) is 0.306. The zero-order chi connectivity index (χ0) is 24.9. The first-order valence-electron chi connectivity index (χ1n) is 11.5. The van der Waals surface area contributed by atoms with Crippen LogP contribution in [0.2, 0.25) is 0 Å². The maximum atomic E-state index is 13.2. The molecule has 1 N–H and O–H groups in total. The Morgan fingerprint density at radius 3 is 2.54 bits per heavy atom. The molecule has 1 atom stereocenters. The third kappa shape index (κ3) is 4.77. The third-order valence-corrected chi connectivity index (χ3v) is 5.91. The highest BCUT2D eigenvalue weighted by molar-refractivity contribution is 6.46. The first-order chi connectivity index (χ1) is 17.0. The van der Waals surface area contributed by atoms with Gasteiger partial charge in [-0.3, -0.25) is 9.59 Å². The zero-order valence-electron chi connectivity index (χ0n) is 20.0. The maximum Gasteiger partial charge on any atom is 0.295 e. The number of aliphatic hydroxyl groups is 1. The standard InChI is InChI=1S/C26H29NO8/c1-4-33-18-8-6-16(14-20(18)32-3)23-22(25(29)26(30)27(23)10-5-11-31-2)24(28)17-7-9-19-21(15-17)35-13-12-34-19/h6-9,14-15,23,28H,4-5,10-13H2,1-3H3/t23-/m1/s1. The number of carbonyl (C=O) groups excluding carboxylic acids is 2. The number of aliphatic hydroxyl groups excluding tert-OH is 1. The molecule has 2 aliphatic rings. The van der Waals surface area contributed by atoms with Crippen LogP contribution in [0.5, 0.6) is 23.0 Å². The van der Waals surface area contributed by atoms with Gasteiger partial charge in [-0.05, 0) is 49.2 Å². The fourth-order valence-corrected chi connectivity index (χ4v) is 4.31. The highest BCUT2D eigenvalue weighted by Gasteiger charge is 2.46. The topological polar surface area (TPSA) is 104 Å². The second kappa shape index (κ2) is 10.7. The predicted octanol–water partition coefficient (Wildman–Crippen LogP) is 3.32. The smallest absolute Gasteiger partial charge is 0.295 e. The number of nitrogens with zero attached hydrogens (tertiary/aromatic N) is 1. The van der Waals surface area contributed by atoms with Crippen LogP contribution in [0.15, 0.2) is 42.0 Å². The van der Waals surface area contributed by atoms with Crippen LogP contribution in [-0.2, 0) is 14.3 Å². The van der Waals surface area contributed by atoms with E-state index in [2.05, 4.69) is 0 Å². The number of rotatable bonds is 9. The Balaban J connectivity index is 1.82. The van der Waals surface area contributed by atoms with Gasteiger partial charge in [0.25, 0.3) is 11.7 Å². The molecule has 0 aliphatic carbocycles. The van der Waals surface area contributed by atoms with Crippen molar-refractivity contribution in [2.75, 3.05) is 47.2 Å². The highest BCUT2D eigenvalue weighted by Crippen LogP contribution is 2.43. The van der Waals surface area contributed by atoms with Crippen LogP contribution in [-0.4, -0.2) is 68.9 Å². The van der Waals surface area contributed by atoms with Crippen molar-refractivity contribution < 1.29 is 38.4 Å². The van der Waals surface area contributed by atoms with Crippen molar-refractivity contribution in [2.45, 2.75) is 19.4 Å². The van der Waals surface area contributed by atoms with Gasteiger partial charge in [-0.15, -0.1) is 0 Å². The van der Waals surface area contributed by atoms with Gasteiger partial charge in [-0.1, -0.05) is 6.07 Å². The van der Waals surface area contributed by atoms with E-state index in [1.807, 2.05) is 6.92 Å². The second-order valence-electron chi connectivity index (χ2n) is 8.04. The number of ketones is 1. The molecule has 2 heterocycles. The van der Waals surface area contributed by atoms with Gasteiger partial charge in [0.05, 0.1) is 25.3 Å². The Bertz CT molecular complexity index is 1140. The minimum absolute atomic E-state index is 0.00434. The summed E-state index contributed by atoms with van der Waals surface area (Å²) < 4.78 is 27.4. The zero-order valence-corrected chi connectivity index (χ0v) is 20.0. The monoisotopic (exact) mass is 483 g/mol. The van der Waals surface area contributed by atoms with Gasteiger partial charge < -0.3 is 33.7 Å². The normalized spacial score (nSPS) is 18.6. The number of hydrogen-bond acceptors (Lipinski definition) is 8. The Morgan fingerprint density at radius 1 is 1.06 bits per heavy atom. The fraction of sp³-hybridized carbons (Fsp3) is 0.385. The maximum absolute atomic E-state index is 13.2. The van der Waals surface area contributed by atoms with Crippen molar-refractivity contribution in [3.05, 3.63) is 53.1 Å². The van der Waals surface area contributed by atoms with Crippen LogP contribution in [0, 0.1) is 0 Å². The minimum Gasteiger partial charge on any atom is -0.507 e. The molecule has 4 rings (SSSR count). The highest BCUT2D eigenvalue weighted by atomic mass is 16.6. The molecule has 9 heteroatoms. The van der Waals surface area contributed by atoms with E-state index >= 15 is 0 Å². The molecule has 2 aromatic rings. The summed E-state index contributed by atoms with van der Waals surface area (Å²) in [6.07, 6.45) is 0.526. The molecule has 1 fully saturated rings. The van der Waals surface area contributed by atoms with E-state index in [1.54, 1.807) is 43.5 Å². The molecule has 0 aromatic heterocycles. The predicted molar refractivity (Wildman–Crippen MR) is 127 cm³/mol. The lowest BCUT2D eigenvalue weighted by Gasteiger charge is -2.26. The Labute approximate surface area is 203 Å². The number of carbonyl (C=O) groups is 2. The number of amides is 1. The Morgan fingerprint density at radius 2 is 1.83 bits per heavy atom. The van der Waals surface area contributed by atoms with E-state index in [4.69, 9.17) is 23.7 Å². The number of ether oxygens (including phenoxy) is 5. The summed E-state index contributed by atoms with van der Waals surface area (Å²) in [5, 5.41) is 11.3. The van der Waals surface area contributed by atoms with Crippen LogP contribution < -0.4 is 18.9 Å². The summed E-state index contributed by atoms with van der Waals surface area (Å²) in [5.41, 5.74) is 0.961. The number of methoxy groups -OCH3 is 2. The summed E-state index contributed by atoms with van der Waals surface area (Å²) >= 11 is 0. The van der Waals surface area contributed by atoms with Crippen molar-refractivity contribution in [1.29, 1.82) is 0 Å². The van der Waals surface area contributed by atoms with Crippen LogP contribution in [0.4, 0.5) is 0 Å². The largest absolute Gasteiger partial charge is 0.507 e. The molecular formula is C26H29NO8. The van der Waals surface area contributed by atoms with Gasteiger partial charge >= 0.3 is 0 Å². The first-order valence-corrected chi connectivity index (χ1v) is 11.5. The fourth-order valence-electron chi connectivity index (χ4n) is 4.31. The third-order valence-electron chi connectivity index (χ3n) is 5.91. The molecule has 0 bridgehead atoms. The van der Waals surface area contributed by atoms with E-state index in [9.17, 15) is 14.7 Å². The van der Waals surface area contributed by atoms with Gasteiger partial charge in [0.1, 0.15) is 19.0 Å². The van der Waals surface area contributed by atoms with Crippen LogP contribution >= 0.6 is 0 Å². The SMILES string of the molecule is CCOc1ccc([C@@H]2C(=C(O)c3ccc4c(c3)OCCO4)C(=O)C(=O)N2CCCOC)cc1OC. The molecule has 186 valence electrons. The molecule has 1 amide bonds. The lowest BCUT2D eigenvalue weighted by atomic mass is 9.94. The number of Topliss-reactive ketones (excluding diaryl/α,β-unsaturated/α-hetero) is 1. The molecule has 0 saturated carbocycles. The Hall–Kier alpha value is -3.72. The lowest BCUT2D eigenvalue weighted by Crippen LogP contribution is -2.31. The molecular weight excluding hydrogens is 454 g/mol. The van der Waals surface area contributed by atoms with Crippen LogP contribution in [0.1, 0.15) is 30.5 Å². The van der Waals surface area contributed by atoms with E-state index in [-0.39, 0.29) is 17.9 Å². The number of benzene rings is 2. The number of fused-ring (bicyclic) bond motifs is 1. The van der Waals surface area contributed by atoms with Gasteiger partial charge in [0.15, 0.2) is 23.0 Å². The van der Waals surface area contributed by atoms with Crippen molar-refractivity contribution in [1.82, 2.24) is 4.90 Å². The number of likely N-dealkylation sites (tertiary alicyclic amines) is 1. The lowest BCUT2D eigenvalue weighted by molar-refractivity contribution is -0.140. The van der Waals surface area contributed by atoms with Crippen LogP contribution in [0.25, 0.3) is 5.76 Å². The van der Waals surface area contributed by atoms with E-state index in [0.29, 0.717) is 67.0 Å².